The van der Waals surface area contributed by atoms with Gasteiger partial charge in [-0.3, -0.25) is 4.79 Å². The topological polar surface area (TPSA) is 58.4 Å². The van der Waals surface area contributed by atoms with Crippen molar-refractivity contribution >= 4 is 11.6 Å². The zero-order chi connectivity index (χ0) is 13.1. The number of halogens is 1. The van der Waals surface area contributed by atoms with E-state index >= 15 is 0 Å². The number of hydrogen-bond donors (Lipinski definition) is 2. The summed E-state index contributed by atoms with van der Waals surface area (Å²) in [6, 6.07) is 4.75. The van der Waals surface area contributed by atoms with Crippen LogP contribution in [0.4, 0.5) is 10.1 Å². The molecule has 1 aliphatic heterocycles. The standard InChI is InChI=1S/C13H18FN3O/c1-16-8-10-3-2-6-17(10)12-5-4-9(13(15)18)7-11(12)14/h4-5,7,10,16H,2-3,6,8H2,1H3,(H2,15,18). The van der Waals surface area contributed by atoms with Gasteiger partial charge in [-0.25, -0.2) is 4.39 Å². The van der Waals surface area contributed by atoms with Crippen LogP contribution in [0.1, 0.15) is 23.2 Å². The molecular formula is C13H18FN3O. The summed E-state index contributed by atoms with van der Waals surface area (Å²) in [5.74, 6) is -0.983. The van der Waals surface area contributed by atoms with Crippen LogP contribution in [0.25, 0.3) is 0 Å². The molecule has 3 N–H and O–H groups in total. The van der Waals surface area contributed by atoms with Crippen LogP contribution in [-0.4, -0.2) is 32.1 Å². The molecule has 18 heavy (non-hydrogen) atoms. The van der Waals surface area contributed by atoms with Gasteiger partial charge in [-0.05, 0) is 38.1 Å². The second-order valence-corrected chi connectivity index (χ2v) is 4.58. The van der Waals surface area contributed by atoms with E-state index in [2.05, 4.69) is 10.2 Å². The number of carbonyl (C=O) groups excluding carboxylic acids is 1. The van der Waals surface area contributed by atoms with E-state index in [0.717, 1.165) is 25.9 Å². The highest BCUT2D eigenvalue weighted by Gasteiger charge is 2.26. The van der Waals surface area contributed by atoms with E-state index in [4.69, 9.17) is 5.73 Å². The zero-order valence-corrected chi connectivity index (χ0v) is 10.4. The van der Waals surface area contributed by atoms with Gasteiger partial charge in [0, 0.05) is 24.7 Å². The molecule has 0 aliphatic carbocycles. The molecule has 2 rings (SSSR count). The van der Waals surface area contributed by atoms with E-state index in [1.54, 1.807) is 12.1 Å². The molecule has 1 aliphatic rings. The average Bonchev–Trinajstić information content (AvgIpc) is 2.77. The highest BCUT2D eigenvalue weighted by molar-refractivity contribution is 5.93. The number of likely N-dealkylation sites (N-methyl/N-ethyl adjacent to an activating group) is 1. The van der Waals surface area contributed by atoms with Crippen LogP contribution in [0.2, 0.25) is 0 Å². The van der Waals surface area contributed by atoms with Crippen molar-refractivity contribution in [1.29, 1.82) is 0 Å². The largest absolute Gasteiger partial charge is 0.366 e. The number of anilines is 1. The van der Waals surface area contributed by atoms with Crippen LogP contribution in [0.5, 0.6) is 0 Å². The summed E-state index contributed by atoms with van der Waals surface area (Å²) < 4.78 is 14.0. The SMILES string of the molecule is CNCC1CCCN1c1ccc(C(N)=O)cc1F. The molecule has 1 fully saturated rings. The van der Waals surface area contributed by atoms with Gasteiger partial charge >= 0.3 is 0 Å². The first-order valence-corrected chi connectivity index (χ1v) is 6.14. The summed E-state index contributed by atoms with van der Waals surface area (Å²) in [6.07, 6.45) is 2.11. The smallest absolute Gasteiger partial charge is 0.248 e. The van der Waals surface area contributed by atoms with Gasteiger partial charge in [-0.1, -0.05) is 0 Å². The fourth-order valence-electron chi connectivity index (χ4n) is 2.49. The number of nitrogens with zero attached hydrogens (tertiary/aromatic N) is 1. The Bertz CT molecular complexity index is 450. The molecule has 1 atom stereocenters. The summed E-state index contributed by atoms with van der Waals surface area (Å²) in [5.41, 5.74) is 5.89. The van der Waals surface area contributed by atoms with Crippen molar-refractivity contribution in [2.75, 3.05) is 25.0 Å². The van der Waals surface area contributed by atoms with Crippen molar-refractivity contribution in [3.8, 4) is 0 Å². The first kappa shape index (κ1) is 12.8. The predicted molar refractivity (Wildman–Crippen MR) is 69.2 cm³/mol. The molecule has 0 radical (unpaired) electrons. The Balaban J connectivity index is 2.25. The van der Waals surface area contributed by atoms with Gasteiger partial charge in [0.05, 0.1) is 5.69 Å². The fraction of sp³-hybridized carbons (Fsp3) is 0.462. The van der Waals surface area contributed by atoms with Crippen molar-refractivity contribution in [3.63, 3.8) is 0 Å². The third-order valence-electron chi connectivity index (χ3n) is 3.36. The molecule has 5 heteroatoms. The number of primary amides is 1. The molecular weight excluding hydrogens is 233 g/mol. The summed E-state index contributed by atoms with van der Waals surface area (Å²) in [7, 11) is 1.89. The van der Waals surface area contributed by atoms with Crippen LogP contribution in [0.15, 0.2) is 18.2 Å². The van der Waals surface area contributed by atoms with E-state index in [9.17, 15) is 9.18 Å². The molecule has 98 valence electrons. The maximum Gasteiger partial charge on any atom is 0.248 e. The lowest BCUT2D eigenvalue weighted by Gasteiger charge is -2.27. The van der Waals surface area contributed by atoms with Crippen LogP contribution in [-0.2, 0) is 0 Å². The van der Waals surface area contributed by atoms with E-state index < -0.39 is 5.91 Å². The summed E-state index contributed by atoms with van der Waals surface area (Å²) in [5, 5.41) is 3.12. The Hall–Kier alpha value is -1.62. The van der Waals surface area contributed by atoms with Crippen molar-refractivity contribution in [2.45, 2.75) is 18.9 Å². The highest BCUT2D eigenvalue weighted by Crippen LogP contribution is 2.28. The number of hydrogen-bond acceptors (Lipinski definition) is 3. The van der Waals surface area contributed by atoms with Crippen LogP contribution >= 0.6 is 0 Å². The molecule has 1 amide bonds. The summed E-state index contributed by atoms with van der Waals surface area (Å²) >= 11 is 0. The number of benzene rings is 1. The Morgan fingerprint density at radius 1 is 1.61 bits per heavy atom. The maximum atomic E-state index is 14.0. The van der Waals surface area contributed by atoms with Gasteiger partial charge in [0.15, 0.2) is 0 Å². The van der Waals surface area contributed by atoms with Gasteiger partial charge in [0.1, 0.15) is 5.82 Å². The molecule has 1 aromatic rings. The first-order valence-electron chi connectivity index (χ1n) is 6.14. The third-order valence-corrected chi connectivity index (χ3v) is 3.36. The van der Waals surface area contributed by atoms with Crippen molar-refractivity contribution in [2.24, 2.45) is 5.73 Å². The van der Waals surface area contributed by atoms with Gasteiger partial charge in [-0.15, -0.1) is 0 Å². The van der Waals surface area contributed by atoms with Gasteiger partial charge in [0.25, 0.3) is 0 Å². The van der Waals surface area contributed by atoms with E-state index in [-0.39, 0.29) is 11.4 Å². The second-order valence-electron chi connectivity index (χ2n) is 4.58. The molecule has 1 unspecified atom stereocenters. The average molecular weight is 251 g/mol. The van der Waals surface area contributed by atoms with Crippen LogP contribution in [0, 0.1) is 5.82 Å². The monoisotopic (exact) mass is 251 g/mol. The quantitative estimate of drug-likeness (QED) is 0.843. The van der Waals surface area contributed by atoms with Crippen molar-refractivity contribution in [3.05, 3.63) is 29.6 Å². The normalized spacial score (nSPS) is 19.2. The van der Waals surface area contributed by atoms with E-state index in [1.165, 1.54) is 6.07 Å². The minimum absolute atomic E-state index is 0.209. The van der Waals surface area contributed by atoms with Gasteiger partial charge in [-0.2, -0.15) is 0 Å². The first-order chi connectivity index (χ1) is 8.63. The zero-order valence-electron chi connectivity index (χ0n) is 10.4. The highest BCUT2D eigenvalue weighted by atomic mass is 19.1. The second kappa shape index (κ2) is 5.35. The molecule has 0 spiro atoms. The number of nitrogens with one attached hydrogen (secondary N) is 1. The number of nitrogens with two attached hydrogens (primary N) is 1. The Morgan fingerprint density at radius 2 is 2.39 bits per heavy atom. The maximum absolute atomic E-state index is 14.0. The Morgan fingerprint density at radius 3 is 3.00 bits per heavy atom. The Kier molecular flexibility index (Phi) is 3.81. The minimum Gasteiger partial charge on any atom is -0.366 e. The van der Waals surface area contributed by atoms with Crippen molar-refractivity contribution in [1.82, 2.24) is 5.32 Å². The molecule has 1 heterocycles. The molecule has 0 saturated carbocycles. The minimum atomic E-state index is -0.603. The van der Waals surface area contributed by atoms with E-state index in [0.29, 0.717) is 11.7 Å². The lowest BCUT2D eigenvalue weighted by Crippen LogP contribution is -2.37. The van der Waals surface area contributed by atoms with Crippen LogP contribution < -0.4 is 16.0 Å². The number of amides is 1. The number of rotatable bonds is 4. The lowest BCUT2D eigenvalue weighted by atomic mass is 10.1. The summed E-state index contributed by atoms with van der Waals surface area (Å²) in [4.78, 5) is 13.0. The molecule has 1 saturated heterocycles. The van der Waals surface area contributed by atoms with Gasteiger partial charge < -0.3 is 16.0 Å². The third kappa shape index (κ3) is 2.46. The van der Waals surface area contributed by atoms with Crippen LogP contribution in [0.3, 0.4) is 0 Å². The molecule has 0 aromatic heterocycles. The van der Waals surface area contributed by atoms with E-state index in [1.807, 2.05) is 7.05 Å². The van der Waals surface area contributed by atoms with Crippen molar-refractivity contribution < 1.29 is 9.18 Å². The molecule has 4 nitrogen and oxygen atoms in total. The fourth-order valence-corrected chi connectivity index (χ4v) is 2.49. The molecule has 1 aromatic carbocycles. The lowest BCUT2D eigenvalue weighted by molar-refractivity contribution is 0.1000. The predicted octanol–water partition coefficient (Wildman–Crippen LogP) is 1.11. The van der Waals surface area contributed by atoms with Gasteiger partial charge in [0.2, 0.25) is 5.91 Å². The Labute approximate surface area is 106 Å². The summed E-state index contributed by atoms with van der Waals surface area (Å²) in [6.45, 7) is 1.68. The number of carbonyl (C=O) groups is 1. The molecule has 0 bridgehead atoms.